The Morgan fingerprint density at radius 1 is 1.38 bits per heavy atom. The van der Waals surface area contributed by atoms with Crippen molar-refractivity contribution in [2.24, 2.45) is 0 Å². The van der Waals surface area contributed by atoms with Crippen molar-refractivity contribution in [1.29, 1.82) is 0 Å². The van der Waals surface area contributed by atoms with E-state index >= 15 is 0 Å². The minimum atomic E-state index is -1.50. The summed E-state index contributed by atoms with van der Waals surface area (Å²) in [6.07, 6.45) is 2.15. The minimum Gasteiger partial charge on any atom is -0.508 e. The maximum atomic E-state index is 9.34. The SMILES string of the molecule is C=CCc1cc(B(O)O)ccc1O. The zero-order valence-electron chi connectivity index (χ0n) is 7.14. The molecule has 0 unspecified atom stereocenters. The van der Waals surface area contributed by atoms with Crippen molar-refractivity contribution in [1.82, 2.24) is 0 Å². The van der Waals surface area contributed by atoms with Crippen LogP contribution in [0.1, 0.15) is 5.56 Å². The number of hydrogen-bond acceptors (Lipinski definition) is 3. The van der Waals surface area contributed by atoms with Gasteiger partial charge in [-0.2, -0.15) is 0 Å². The van der Waals surface area contributed by atoms with Crippen LogP contribution in [0.15, 0.2) is 30.9 Å². The van der Waals surface area contributed by atoms with Crippen LogP contribution in [0.25, 0.3) is 0 Å². The Morgan fingerprint density at radius 3 is 2.62 bits per heavy atom. The van der Waals surface area contributed by atoms with Crippen molar-refractivity contribution in [3.8, 4) is 5.75 Å². The molecule has 0 aromatic heterocycles. The Balaban J connectivity index is 3.03. The third-order valence-electron chi connectivity index (χ3n) is 1.77. The van der Waals surface area contributed by atoms with Crippen LogP contribution < -0.4 is 5.46 Å². The number of phenolic OH excluding ortho intramolecular Hbond substituents is 1. The molecule has 68 valence electrons. The fraction of sp³-hybridized carbons (Fsp3) is 0.111. The molecule has 0 bridgehead atoms. The highest BCUT2D eigenvalue weighted by molar-refractivity contribution is 6.58. The van der Waals surface area contributed by atoms with Crippen LogP contribution in [-0.4, -0.2) is 22.3 Å². The Bertz CT molecular complexity index is 310. The van der Waals surface area contributed by atoms with Crippen molar-refractivity contribution in [3.05, 3.63) is 36.4 Å². The van der Waals surface area contributed by atoms with Gasteiger partial charge in [0.1, 0.15) is 5.75 Å². The van der Waals surface area contributed by atoms with E-state index < -0.39 is 7.12 Å². The summed E-state index contributed by atoms with van der Waals surface area (Å²) in [5.74, 6) is 0.143. The lowest BCUT2D eigenvalue weighted by Gasteiger charge is -2.04. The molecular weight excluding hydrogens is 167 g/mol. The second-order valence-electron chi connectivity index (χ2n) is 2.75. The van der Waals surface area contributed by atoms with Crippen LogP contribution in [0.3, 0.4) is 0 Å². The highest BCUT2D eigenvalue weighted by Crippen LogP contribution is 2.15. The van der Waals surface area contributed by atoms with Crippen LogP contribution in [0.5, 0.6) is 5.75 Å². The predicted molar refractivity (Wildman–Crippen MR) is 51.8 cm³/mol. The summed E-state index contributed by atoms with van der Waals surface area (Å²) in [6, 6.07) is 4.45. The van der Waals surface area contributed by atoms with E-state index in [-0.39, 0.29) is 5.75 Å². The zero-order valence-corrected chi connectivity index (χ0v) is 7.14. The average Bonchev–Trinajstić information content (AvgIpc) is 2.08. The lowest BCUT2D eigenvalue weighted by Crippen LogP contribution is -2.29. The number of benzene rings is 1. The molecule has 4 heteroatoms. The molecule has 0 saturated carbocycles. The molecule has 0 spiro atoms. The second kappa shape index (κ2) is 4.12. The summed E-state index contributed by atoms with van der Waals surface area (Å²) in [6.45, 7) is 3.54. The van der Waals surface area contributed by atoms with Crippen molar-refractivity contribution in [2.45, 2.75) is 6.42 Å². The smallest absolute Gasteiger partial charge is 0.488 e. The summed E-state index contributed by atoms with van der Waals surface area (Å²) in [4.78, 5) is 0. The highest BCUT2D eigenvalue weighted by atomic mass is 16.4. The predicted octanol–water partition coefficient (Wildman–Crippen LogP) is -0.200. The van der Waals surface area contributed by atoms with E-state index in [4.69, 9.17) is 10.0 Å². The zero-order chi connectivity index (χ0) is 9.84. The molecule has 0 amide bonds. The van der Waals surface area contributed by atoms with E-state index in [0.717, 1.165) is 0 Å². The maximum absolute atomic E-state index is 9.34. The fourth-order valence-corrected chi connectivity index (χ4v) is 1.09. The first kappa shape index (κ1) is 9.83. The van der Waals surface area contributed by atoms with Gasteiger partial charge in [0, 0.05) is 0 Å². The standard InChI is InChI=1S/C9H11BO3/c1-2-3-7-6-8(10(12)13)4-5-9(7)11/h2,4-6,11-13H,1,3H2. The molecule has 0 aliphatic rings. The first-order valence-electron chi connectivity index (χ1n) is 3.94. The summed E-state index contributed by atoms with van der Waals surface area (Å²) in [5, 5.41) is 27.0. The molecule has 1 rings (SSSR count). The molecule has 13 heavy (non-hydrogen) atoms. The summed E-state index contributed by atoms with van der Waals surface area (Å²) < 4.78 is 0. The highest BCUT2D eigenvalue weighted by Gasteiger charge is 2.12. The lowest BCUT2D eigenvalue weighted by atomic mass is 9.79. The number of hydrogen-bond donors (Lipinski definition) is 3. The number of phenols is 1. The van der Waals surface area contributed by atoms with E-state index in [9.17, 15) is 5.11 Å². The van der Waals surface area contributed by atoms with Crippen LogP contribution in [-0.2, 0) is 6.42 Å². The normalized spacial score (nSPS) is 9.69. The molecule has 0 aliphatic carbocycles. The van der Waals surface area contributed by atoms with E-state index in [1.807, 2.05) is 0 Å². The van der Waals surface area contributed by atoms with Crippen LogP contribution in [0.2, 0.25) is 0 Å². The molecule has 0 atom stereocenters. The van der Waals surface area contributed by atoms with Gasteiger partial charge in [0.05, 0.1) is 0 Å². The van der Waals surface area contributed by atoms with Gasteiger partial charge < -0.3 is 15.2 Å². The Labute approximate surface area is 77.1 Å². The Hall–Kier alpha value is -1.26. The van der Waals surface area contributed by atoms with E-state index in [2.05, 4.69) is 6.58 Å². The van der Waals surface area contributed by atoms with E-state index in [1.54, 1.807) is 12.1 Å². The van der Waals surface area contributed by atoms with Crippen molar-refractivity contribution < 1.29 is 15.2 Å². The maximum Gasteiger partial charge on any atom is 0.488 e. The van der Waals surface area contributed by atoms with Gasteiger partial charge in [-0.25, -0.2) is 0 Å². The first-order chi connectivity index (χ1) is 6.15. The summed E-state index contributed by atoms with van der Waals surface area (Å²) in [7, 11) is -1.50. The van der Waals surface area contributed by atoms with E-state index in [0.29, 0.717) is 17.4 Å². The van der Waals surface area contributed by atoms with Gasteiger partial charge in [0.2, 0.25) is 0 Å². The number of aromatic hydroxyl groups is 1. The van der Waals surface area contributed by atoms with Crippen molar-refractivity contribution in [3.63, 3.8) is 0 Å². The molecule has 3 nitrogen and oxygen atoms in total. The van der Waals surface area contributed by atoms with Gasteiger partial charge in [0.25, 0.3) is 0 Å². The van der Waals surface area contributed by atoms with Crippen LogP contribution >= 0.6 is 0 Å². The molecule has 0 aliphatic heterocycles. The second-order valence-corrected chi connectivity index (χ2v) is 2.75. The molecule has 0 heterocycles. The summed E-state index contributed by atoms with van der Waals surface area (Å²) in [5.41, 5.74) is 1.01. The van der Waals surface area contributed by atoms with Gasteiger partial charge in [-0.15, -0.1) is 6.58 Å². The minimum absolute atomic E-state index is 0.143. The lowest BCUT2D eigenvalue weighted by molar-refractivity contribution is 0.425. The number of rotatable bonds is 3. The quantitative estimate of drug-likeness (QED) is 0.443. The van der Waals surface area contributed by atoms with E-state index in [1.165, 1.54) is 12.1 Å². The van der Waals surface area contributed by atoms with Gasteiger partial charge in [-0.05, 0) is 23.5 Å². The third-order valence-corrected chi connectivity index (χ3v) is 1.77. The third kappa shape index (κ3) is 2.34. The summed E-state index contributed by atoms with van der Waals surface area (Å²) >= 11 is 0. The Kier molecular flexibility index (Phi) is 3.11. The molecule has 3 N–H and O–H groups in total. The molecule has 1 aromatic rings. The number of allylic oxidation sites excluding steroid dienone is 1. The van der Waals surface area contributed by atoms with Crippen LogP contribution in [0.4, 0.5) is 0 Å². The van der Waals surface area contributed by atoms with Crippen molar-refractivity contribution >= 4 is 12.6 Å². The van der Waals surface area contributed by atoms with Gasteiger partial charge in [-0.3, -0.25) is 0 Å². The fourth-order valence-electron chi connectivity index (χ4n) is 1.09. The largest absolute Gasteiger partial charge is 0.508 e. The first-order valence-corrected chi connectivity index (χ1v) is 3.94. The van der Waals surface area contributed by atoms with Gasteiger partial charge >= 0.3 is 7.12 Å². The van der Waals surface area contributed by atoms with Gasteiger partial charge in [0.15, 0.2) is 0 Å². The van der Waals surface area contributed by atoms with Crippen molar-refractivity contribution in [2.75, 3.05) is 0 Å². The molecule has 0 fully saturated rings. The monoisotopic (exact) mass is 178 g/mol. The molecule has 0 radical (unpaired) electrons. The molecule has 1 aromatic carbocycles. The molecular formula is C9H11BO3. The Morgan fingerprint density at radius 2 is 2.08 bits per heavy atom. The van der Waals surface area contributed by atoms with Gasteiger partial charge in [-0.1, -0.05) is 18.2 Å². The topological polar surface area (TPSA) is 60.7 Å². The molecule has 0 saturated heterocycles. The average molecular weight is 178 g/mol. The van der Waals surface area contributed by atoms with Crippen LogP contribution in [0, 0.1) is 0 Å².